The zero-order chi connectivity index (χ0) is 40.0. The summed E-state index contributed by atoms with van der Waals surface area (Å²) in [5.41, 5.74) is 14.4. The first-order valence-corrected chi connectivity index (χ1v) is 24.8. The van der Waals surface area contributed by atoms with Gasteiger partial charge in [-0.3, -0.25) is 0 Å². The smallest absolute Gasteiger partial charge is 0.0799 e. The van der Waals surface area contributed by atoms with Crippen molar-refractivity contribution in [3.63, 3.8) is 0 Å². The van der Waals surface area contributed by atoms with Crippen LogP contribution in [0.15, 0.2) is 97.3 Å². The van der Waals surface area contributed by atoms with E-state index in [1.165, 1.54) is 89.1 Å². The molecule has 8 rings (SSSR count). The fraction of sp³-hybridized carbons (Fsp3) is 0.346. The Morgan fingerprint density at radius 2 is 1.44 bits per heavy atom. The fourth-order valence-corrected chi connectivity index (χ4v) is 10.8. The fourth-order valence-electron chi connectivity index (χ4n) is 7.91. The summed E-state index contributed by atoms with van der Waals surface area (Å²) in [6.07, 6.45) is 8.91. The van der Waals surface area contributed by atoms with E-state index in [4.69, 9.17) is 4.98 Å². The number of pyridine rings is 2. The number of hydrogen-bond acceptors (Lipinski definition) is 3. The number of aromatic nitrogens is 2. The van der Waals surface area contributed by atoms with Gasteiger partial charge in [0.25, 0.3) is 0 Å². The Kier molecular flexibility index (Phi) is 12.7. The SMILES string of the molecule is CC(C)(C)c1cc(-c2ccc3c(c2)sc2c(-c4nccc5c4CCCC5)[c-]ccc23)cc(C(C)(C)C)c1.CC(C)c1cc(-c2[c-]cccc2)ncc1[Si](C)(C)C.[Ir]. The van der Waals surface area contributed by atoms with Crippen LogP contribution in [-0.2, 0) is 43.8 Å². The van der Waals surface area contributed by atoms with Crippen LogP contribution < -0.4 is 5.19 Å². The van der Waals surface area contributed by atoms with Gasteiger partial charge in [0.15, 0.2) is 0 Å². The van der Waals surface area contributed by atoms with Crippen LogP contribution in [0.2, 0.25) is 19.6 Å². The van der Waals surface area contributed by atoms with E-state index in [0.29, 0.717) is 5.92 Å². The molecule has 0 N–H and O–H groups in total. The van der Waals surface area contributed by atoms with Crippen LogP contribution in [0.3, 0.4) is 0 Å². The van der Waals surface area contributed by atoms with Gasteiger partial charge < -0.3 is 9.97 Å². The van der Waals surface area contributed by atoms with Gasteiger partial charge in [-0.1, -0.05) is 134 Å². The second-order valence-corrected chi connectivity index (χ2v) is 25.1. The summed E-state index contributed by atoms with van der Waals surface area (Å²) in [6, 6.07) is 37.9. The first kappa shape index (κ1) is 42.9. The third-order valence-electron chi connectivity index (χ3n) is 11.3. The van der Waals surface area contributed by atoms with Gasteiger partial charge in [0, 0.05) is 37.2 Å². The molecule has 4 aromatic carbocycles. The molecule has 0 atom stereocenters. The Labute approximate surface area is 361 Å². The average Bonchev–Trinajstić information content (AvgIpc) is 3.55. The topological polar surface area (TPSA) is 25.8 Å². The van der Waals surface area contributed by atoms with E-state index < -0.39 is 8.07 Å². The minimum Gasteiger partial charge on any atom is -0.305 e. The van der Waals surface area contributed by atoms with Crippen molar-refractivity contribution in [1.82, 2.24) is 9.97 Å². The minimum atomic E-state index is -1.34. The van der Waals surface area contributed by atoms with Crippen LogP contribution in [0.25, 0.3) is 53.8 Å². The van der Waals surface area contributed by atoms with Crippen LogP contribution in [0.1, 0.15) is 102 Å². The number of aryl methyl sites for hydroxylation is 1. The van der Waals surface area contributed by atoms with E-state index in [2.05, 4.69) is 165 Å². The third-order valence-corrected chi connectivity index (χ3v) is 14.5. The maximum atomic E-state index is 4.89. The molecule has 7 aromatic rings. The number of rotatable bonds is 5. The summed E-state index contributed by atoms with van der Waals surface area (Å²) >= 11 is 1.89. The van der Waals surface area contributed by atoms with Crippen molar-refractivity contribution in [3.05, 3.63) is 137 Å². The quantitative estimate of drug-likeness (QED) is 0.127. The maximum Gasteiger partial charge on any atom is 0.0799 e. The van der Waals surface area contributed by atoms with Gasteiger partial charge in [-0.15, -0.1) is 59.7 Å². The average molecular weight is 963 g/mol. The zero-order valence-electron chi connectivity index (χ0n) is 35.8. The Morgan fingerprint density at radius 3 is 2.09 bits per heavy atom. The second kappa shape index (κ2) is 16.9. The molecule has 2 nitrogen and oxygen atoms in total. The molecule has 1 radical (unpaired) electrons. The van der Waals surface area contributed by atoms with Crippen LogP contribution >= 0.6 is 11.3 Å². The molecule has 5 heteroatoms. The van der Waals surface area contributed by atoms with E-state index in [9.17, 15) is 0 Å². The Bertz CT molecular complexity index is 2480. The maximum absolute atomic E-state index is 4.89. The van der Waals surface area contributed by atoms with Crippen molar-refractivity contribution in [2.24, 2.45) is 0 Å². The minimum absolute atomic E-state index is 0. The van der Waals surface area contributed by atoms with Crippen molar-refractivity contribution in [3.8, 4) is 33.6 Å². The predicted molar refractivity (Wildman–Crippen MR) is 246 cm³/mol. The summed E-state index contributed by atoms with van der Waals surface area (Å²) in [4.78, 5) is 9.55. The van der Waals surface area contributed by atoms with E-state index in [1.54, 1.807) is 0 Å². The molecule has 0 aliphatic heterocycles. The monoisotopic (exact) mass is 963 g/mol. The number of nitrogens with zero attached hydrogens (tertiary/aromatic N) is 2. The molecule has 1 aliphatic carbocycles. The van der Waals surface area contributed by atoms with Crippen molar-refractivity contribution in [2.45, 2.75) is 117 Å². The van der Waals surface area contributed by atoms with Crippen molar-refractivity contribution < 1.29 is 20.1 Å². The number of fused-ring (bicyclic) bond motifs is 4. The molecular weight excluding hydrogens is 905 g/mol. The Balaban J connectivity index is 0.000000233. The molecule has 57 heavy (non-hydrogen) atoms. The van der Waals surface area contributed by atoms with E-state index in [0.717, 1.165) is 23.4 Å². The molecule has 297 valence electrons. The van der Waals surface area contributed by atoms with Gasteiger partial charge in [0.1, 0.15) is 0 Å². The van der Waals surface area contributed by atoms with Gasteiger partial charge in [-0.2, -0.15) is 11.3 Å². The molecule has 0 unspecified atom stereocenters. The normalized spacial score (nSPS) is 13.3. The largest absolute Gasteiger partial charge is 0.305 e. The van der Waals surface area contributed by atoms with Crippen LogP contribution in [-0.4, -0.2) is 18.0 Å². The van der Waals surface area contributed by atoms with E-state index in [1.807, 2.05) is 35.7 Å². The molecule has 3 aromatic heterocycles. The summed E-state index contributed by atoms with van der Waals surface area (Å²) in [5, 5.41) is 4.11. The van der Waals surface area contributed by atoms with Gasteiger partial charge in [-0.05, 0) is 103 Å². The molecule has 3 heterocycles. The van der Waals surface area contributed by atoms with Gasteiger partial charge in [-0.25, -0.2) is 0 Å². The number of hydrogen-bond donors (Lipinski definition) is 0. The Morgan fingerprint density at radius 1 is 0.719 bits per heavy atom. The second-order valence-electron chi connectivity index (χ2n) is 19.0. The number of benzene rings is 4. The zero-order valence-corrected chi connectivity index (χ0v) is 40.0. The van der Waals surface area contributed by atoms with Gasteiger partial charge in [0.05, 0.1) is 8.07 Å². The summed E-state index contributed by atoms with van der Waals surface area (Å²) in [5.74, 6) is 0.534. The summed E-state index contributed by atoms with van der Waals surface area (Å²) in [7, 11) is -1.34. The van der Waals surface area contributed by atoms with Crippen molar-refractivity contribution >= 4 is 44.8 Å². The van der Waals surface area contributed by atoms with E-state index in [-0.39, 0.29) is 30.9 Å². The standard InChI is InChI=1S/C35H36NS.C17H22NSi.Ir/c1-34(2,3)25-18-24(19-26(21-25)35(4,5)6)23-14-15-28-29-12-9-13-30(33(29)37-31(28)20-23)32-27-11-8-7-10-22(27)16-17-36-32;1-13(2)15-11-16(14-9-7-6-8-10-14)18-12-17(15)19(3,4)5;/h9,12,14-21H,7-8,10-11H2,1-6H3;6-9,11-13H,1-5H3;/q2*-1;. The van der Waals surface area contributed by atoms with Crippen molar-refractivity contribution in [2.75, 3.05) is 0 Å². The first-order valence-electron chi connectivity index (χ1n) is 20.5. The molecule has 0 spiro atoms. The molecular formula is C52H58IrN2SSi-2. The van der Waals surface area contributed by atoms with Gasteiger partial charge >= 0.3 is 0 Å². The van der Waals surface area contributed by atoms with Crippen molar-refractivity contribution in [1.29, 1.82) is 0 Å². The summed E-state index contributed by atoms with van der Waals surface area (Å²) in [6.45, 7) is 25.5. The van der Waals surface area contributed by atoms with Crippen LogP contribution in [0.5, 0.6) is 0 Å². The summed E-state index contributed by atoms with van der Waals surface area (Å²) < 4.78 is 2.64. The predicted octanol–water partition coefficient (Wildman–Crippen LogP) is 14.3. The molecule has 0 saturated heterocycles. The third kappa shape index (κ3) is 9.28. The number of thiophene rings is 1. The molecule has 1 aliphatic rings. The van der Waals surface area contributed by atoms with Gasteiger partial charge in [0.2, 0.25) is 0 Å². The van der Waals surface area contributed by atoms with Crippen LogP contribution in [0, 0.1) is 12.1 Å². The first-order chi connectivity index (χ1) is 26.5. The Hall–Kier alpha value is -3.73. The molecule has 0 saturated carbocycles. The molecule has 0 fully saturated rings. The molecule has 0 amide bonds. The van der Waals surface area contributed by atoms with Crippen LogP contribution in [0.4, 0.5) is 0 Å². The van der Waals surface area contributed by atoms with E-state index >= 15 is 0 Å². The molecule has 0 bridgehead atoms.